The highest BCUT2D eigenvalue weighted by molar-refractivity contribution is 6.30. The summed E-state index contributed by atoms with van der Waals surface area (Å²) in [5, 5.41) is 11.4. The van der Waals surface area contributed by atoms with Gasteiger partial charge in [0.1, 0.15) is 18.0 Å². The Morgan fingerprint density at radius 3 is 2.91 bits per heavy atom. The Bertz CT molecular complexity index is 1090. The molecule has 2 aromatic heterocycles. The van der Waals surface area contributed by atoms with Crippen LogP contribution in [0.25, 0.3) is 11.0 Å². The zero-order valence-electron chi connectivity index (χ0n) is 18.5. The van der Waals surface area contributed by atoms with Gasteiger partial charge in [0.15, 0.2) is 11.4 Å². The zero-order valence-corrected chi connectivity index (χ0v) is 19.3. The summed E-state index contributed by atoms with van der Waals surface area (Å²) in [6, 6.07) is 3.80. The van der Waals surface area contributed by atoms with Crippen molar-refractivity contribution in [1.82, 2.24) is 20.2 Å². The molecule has 0 spiro atoms. The van der Waals surface area contributed by atoms with E-state index in [9.17, 15) is 9.18 Å². The molecule has 1 aliphatic heterocycles. The minimum absolute atomic E-state index is 0.112. The molecule has 3 heterocycles. The number of benzene rings is 1. The molecule has 0 aliphatic carbocycles. The third-order valence-corrected chi connectivity index (χ3v) is 6.12. The van der Waals surface area contributed by atoms with Gasteiger partial charge in [-0.15, -0.1) is 0 Å². The molecule has 0 unspecified atom stereocenters. The van der Waals surface area contributed by atoms with E-state index in [1.54, 1.807) is 12.3 Å². The number of halogens is 2. The largest absolute Gasteiger partial charge is 0.375 e. The normalized spacial score (nSPS) is 18.0. The van der Waals surface area contributed by atoms with Gasteiger partial charge in [0.2, 0.25) is 0 Å². The maximum atomic E-state index is 13.8. The van der Waals surface area contributed by atoms with Crippen LogP contribution in [-0.2, 0) is 4.79 Å². The molecular weight excluding hydrogens is 431 g/mol. The van der Waals surface area contributed by atoms with E-state index in [1.807, 2.05) is 20.8 Å². The monoisotopic (exact) mass is 458 g/mol. The Hall–Kier alpha value is -2.74. The first-order valence-electron chi connectivity index (χ1n) is 10.8. The molecule has 0 bridgehead atoms. The summed E-state index contributed by atoms with van der Waals surface area (Å²) < 4.78 is 13.8. The van der Waals surface area contributed by atoms with Crippen molar-refractivity contribution in [2.45, 2.75) is 46.1 Å². The highest BCUT2D eigenvalue weighted by Crippen LogP contribution is 2.31. The van der Waals surface area contributed by atoms with Crippen molar-refractivity contribution < 1.29 is 9.18 Å². The number of anilines is 2. The van der Waals surface area contributed by atoms with E-state index >= 15 is 0 Å². The standard InChI is InChI=1S/C23H28ClFN6O/c1-23(2,3)20(29-17-9-15(24)8-16(25)10-17)19(32)7-14-5-4-6-31(12-14)22-18-11-28-30-21(18)26-13-27-22/h8-11,13-14,20,29H,4-7,12H2,1-3H3,(H,26,27,28,30)/t14-,20-/m0/s1. The fourth-order valence-electron chi connectivity index (χ4n) is 4.41. The Balaban J connectivity index is 1.48. The Kier molecular flexibility index (Phi) is 6.33. The van der Waals surface area contributed by atoms with Crippen LogP contribution in [0, 0.1) is 17.2 Å². The van der Waals surface area contributed by atoms with Crippen LogP contribution in [0.4, 0.5) is 15.9 Å². The molecule has 7 nitrogen and oxygen atoms in total. The van der Waals surface area contributed by atoms with Gasteiger partial charge in [-0.05, 0) is 42.4 Å². The maximum Gasteiger partial charge on any atom is 0.160 e. The van der Waals surface area contributed by atoms with Crippen LogP contribution < -0.4 is 10.2 Å². The summed E-state index contributed by atoms with van der Waals surface area (Å²) in [4.78, 5) is 24.3. The average molecular weight is 459 g/mol. The first kappa shape index (κ1) is 22.5. The molecule has 1 aromatic carbocycles. The molecule has 2 N–H and O–H groups in total. The smallest absolute Gasteiger partial charge is 0.160 e. The number of nitrogens with one attached hydrogen (secondary N) is 2. The number of nitrogens with zero attached hydrogens (tertiary/aromatic N) is 4. The van der Waals surface area contributed by atoms with Crippen molar-refractivity contribution in [3.63, 3.8) is 0 Å². The van der Waals surface area contributed by atoms with Gasteiger partial charge in [-0.3, -0.25) is 9.89 Å². The Morgan fingerprint density at radius 1 is 1.34 bits per heavy atom. The highest BCUT2D eigenvalue weighted by atomic mass is 35.5. The van der Waals surface area contributed by atoms with Gasteiger partial charge in [-0.1, -0.05) is 32.4 Å². The summed E-state index contributed by atoms with van der Waals surface area (Å²) in [5.41, 5.74) is 0.871. The molecule has 0 radical (unpaired) electrons. The van der Waals surface area contributed by atoms with Gasteiger partial charge in [0.05, 0.1) is 17.6 Å². The summed E-state index contributed by atoms with van der Waals surface area (Å²) in [6.07, 6.45) is 5.67. The van der Waals surface area contributed by atoms with Crippen LogP contribution in [0.3, 0.4) is 0 Å². The second-order valence-corrected chi connectivity index (χ2v) is 9.99. The van der Waals surface area contributed by atoms with Crippen LogP contribution in [-0.4, -0.2) is 45.1 Å². The maximum absolute atomic E-state index is 13.8. The van der Waals surface area contributed by atoms with E-state index in [2.05, 4.69) is 30.4 Å². The molecule has 1 fully saturated rings. The lowest BCUT2D eigenvalue weighted by molar-refractivity contribution is -0.122. The number of hydrogen-bond donors (Lipinski definition) is 2. The number of Topliss-reactive ketones (excluding diaryl/α,β-unsaturated/α-hetero) is 1. The van der Waals surface area contributed by atoms with Crippen LogP contribution >= 0.6 is 11.6 Å². The predicted octanol–water partition coefficient (Wildman–Crippen LogP) is 4.85. The average Bonchev–Trinajstić information content (AvgIpc) is 3.19. The summed E-state index contributed by atoms with van der Waals surface area (Å²) in [5.74, 6) is 0.732. The predicted molar refractivity (Wildman–Crippen MR) is 125 cm³/mol. The molecule has 32 heavy (non-hydrogen) atoms. The SMILES string of the molecule is CC(C)(C)[C@@H](Nc1cc(F)cc(Cl)c1)C(=O)C[C@@H]1CCCN(c2ncnc3[nH]ncc23)C1. The van der Waals surface area contributed by atoms with Gasteiger partial charge in [0.25, 0.3) is 0 Å². The van der Waals surface area contributed by atoms with Gasteiger partial charge >= 0.3 is 0 Å². The van der Waals surface area contributed by atoms with Crippen LogP contribution in [0.5, 0.6) is 0 Å². The van der Waals surface area contributed by atoms with Crippen LogP contribution in [0.2, 0.25) is 5.02 Å². The van der Waals surface area contributed by atoms with E-state index in [-0.39, 0.29) is 17.1 Å². The van der Waals surface area contributed by atoms with Crippen molar-refractivity contribution in [3.8, 4) is 0 Å². The molecule has 2 atom stereocenters. The molecule has 170 valence electrons. The van der Waals surface area contributed by atoms with Crippen molar-refractivity contribution in [2.75, 3.05) is 23.3 Å². The minimum atomic E-state index is -0.463. The topological polar surface area (TPSA) is 86.8 Å². The molecule has 1 aliphatic rings. The number of ketones is 1. The number of aromatic nitrogens is 4. The van der Waals surface area contributed by atoms with Crippen molar-refractivity contribution in [3.05, 3.63) is 41.6 Å². The lowest BCUT2D eigenvalue weighted by Crippen LogP contribution is -2.44. The third kappa shape index (κ3) is 5.01. The number of carbonyl (C=O) groups is 1. The number of rotatable bonds is 6. The lowest BCUT2D eigenvalue weighted by Gasteiger charge is -2.36. The third-order valence-electron chi connectivity index (χ3n) is 5.90. The van der Waals surface area contributed by atoms with Gasteiger partial charge in [0, 0.05) is 30.2 Å². The van der Waals surface area contributed by atoms with E-state index in [4.69, 9.17) is 11.6 Å². The quantitative estimate of drug-likeness (QED) is 0.549. The number of aromatic amines is 1. The minimum Gasteiger partial charge on any atom is -0.375 e. The van der Waals surface area contributed by atoms with E-state index in [0.717, 1.165) is 37.1 Å². The number of hydrogen-bond acceptors (Lipinski definition) is 6. The molecular formula is C23H28ClFN6O. The van der Waals surface area contributed by atoms with Crippen molar-refractivity contribution in [2.24, 2.45) is 11.3 Å². The van der Waals surface area contributed by atoms with E-state index in [1.165, 1.54) is 18.5 Å². The molecule has 3 aromatic rings. The molecule has 4 rings (SSSR count). The second-order valence-electron chi connectivity index (χ2n) is 9.56. The summed E-state index contributed by atoms with van der Waals surface area (Å²) in [7, 11) is 0. The summed E-state index contributed by atoms with van der Waals surface area (Å²) in [6.45, 7) is 7.64. The zero-order chi connectivity index (χ0) is 22.9. The number of fused-ring (bicyclic) bond motifs is 1. The fraction of sp³-hybridized carbons (Fsp3) is 0.478. The van der Waals surface area contributed by atoms with E-state index in [0.29, 0.717) is 22.8 Å². The first-order chi connectivity index (χ1) is 15.2. The number of carbonyl (C=O) groups excluding carboxylic acids is 1. The van der Waals surface area contributed by atoms with E-state index < -0.39 is 11.9 Å². The Labute approximate surface area is 191 Å². The molecule has 0 saturated carbocycles. The Morgan fingerprint density at radius 2 is 2.16 bits per heavy atom. The number of piperidine rings is 1. The molecule has 0 amide bonds. The lowest BCUT2D eigenvalue weighted by atomic mass is 9.80. The fourth-order valence-corrected chi connectivity index (χ4v) is 4.64. The number of H-pyrrole nitrogens is 1. The first-order valence-corrected chi connectivity index (χ1v) is 11.2. The van der Waals surface area contributed by atoms with Crippen LogP contribution in [0.15, 0.2) is 30.7 Å². The van der Waals surface area contributed by atoms with Gasteiger partial charge < -0.3 is 10.2 Å². The second kappa shape index (κ2) is 9.02. The summed E-state index contributed by atoms with van der Waals surface area (Å²) >= 11 is 6.00. The molecule has 1 saturated heterocycles. The van der Waals surface area contributed by atoms with Gasteiger partial charge in [-0.2, -0.15) is 5.10 Å². The van der Waals surface area contributed by atoms with Crippen molar-refractivity contribution >= 4 is 39.9 Å². The molecule has 9 heteroatoms. The van der Waals surface area contributed by atoms with Gasteiger partial charge in [-0.25, -0.2) is 14.4 Å². The highest BCUT2D eigenvalue weighted by Gasteiger charge is 2.34. The van der Waals surface area contributed by atoms with Crippen molar-refractivity contribution in [1.29, 1.82) is 0 Å². The van der Waals surface area contributed by atoms with Crippen LogP contribution in [0.1, 0.15) is 40.0 Å².